The van der Waals surface area contributed by atoms with Crippen LogP contribution >= 0.6 is 0 Å². The molecule has 0 aromatic heterocycles. The van der Waals surface area contributed by atoms with Crippen LogP contribution in [0.5, 0.6) is 0 Å². The van der Waals surface area contributed by atoms with E-state index in [1.807, 2.05) is 36.5 Å². The van der Waals surface area contributed by atoms with Gasteiger partial charge in [0.05, 0.1) is 0 Å². The molecule has 0 aliphatic carbocycles. The number of carboxylic acid groups (broad SMARTS) is 1. The van der Waals surface area contributed by atoms with Gasteiger partial charge in [-0.25, -0.2) is 0 Å². The second-order valence-corrected chi connectivity index (χ2v) is 3.35. The largest absolute Gasteiger partial charge is 0.550 e. The number of carbonyl (C=O) groups is 1. The molecular weight excluding hydrogens is 190 g/mol. The van der Waals surface area contributed by atoms with E-state index >= 15 is 0 Å². The summed E-state index contributed by atoms with van der Waals surface area (Å²) in [5.74, 6) is -1.07. The van der Waals surface area contributed by atoms with Crippen molar-refractivity contribution in [3.63, 3.8) is 0 Å². The topological polar surface area (TPSA) is 52.2 Å². The molecule has 0 bridgehead atoms. The molecular formula is C12H10NO2-. The summed E-state index contributed by atoms with van der Waals surface area (Å²) in [5.41, 5.74) is 0.705. The zero-order valence-corrected chi connectivity index (χ0v) is 8.07. The van der Waals surface area contributed by atoms with Crippen molar-refractivity contribution < 1.29 is 9.90 Å². The minimum Gasteiger partial charge on any atom is -0.550 e. The maximum Gasteiger partial charge on any atom is 0.0458 e. The second-order valence-electron chi connectivity index (χ2n) is 3.35. The molecule has 2 rings (SSSR count). The molecule has 3 heteroatoms. The minimum absolute atomic E-state index is 0.0742. The quantitative estimate of drug-likeness (QED) is 0.654. The van der Waals surface area contributed by atoms with Crippen LogP contribution < -0.4 is 20.9 Å². The molecule has 1 aromatic carbocycles. The van der Waals surface area contributed by atoms with Crippen molar-refractivity contribution in [2.75, 3.05) is 0 Å². The van der Waals surface area contributed by atoms with Crippen molar-refractivity contribution in [3.05, 3.63) is 46.5 Å². The van der Waals surface area contributed by atoms with Crippen molar-refractivity contribution in [1.29, 1.82) is 0 Å². The highest BCUT2D eigenvalue weighted by molar-refractivity contribution is 5.72. The van der Waals surface area contributed by atoms with Crippen molar-refractivity contribution >= 4 is 18.2 Å². The first-order valence-electron chi connectivity index (χ1n) is 4.67. The van der Waals surface area contributed by atoms with Gasteiger partial charge >= 0.3 is 0 Å². The molecule has 0 atom stereocenters. The first-order chi connectivity index (χ1) is 7.25. The van der Waals surface area contributed by atoms with Crippen LogP contribution in [0.4, 0.5) is 0 Å². The zero-order chi connectivity index (χ0) is 10.7. The number of rotatable bonds is 2. The molecule has 76 valence electrons. The summed E-state index contributed by atoms with van der Waals surface area (Å²) in [5, 5.41) is 15.5. The number of aliphatic carboxylic acids is 1. The van der Waals surface area contributed by atoms with E-state index < -0.39 is 5.97 Å². The van der Waals surface area contributed by atoms with Crippen LogP contribution in [0.15, 0.2) is 36.0 Å². The van der Waals surface area contributed by atoms with E-state index in [9.17, 15) is 9.90 Å². The number of nitrogens with one attached hydrogen (secondary N) is 1. The monoisotopic (exact) mass is 200 g/mol. The van der Waals surface area contributed by atoms with Crippen LogP contribution in [0.3, 0.4) is 0 Å². The van der Waals surface area contributed by atoms with E-state index in [4.69, 9.17) is 0 Å². The van der Waals surface area contributed by atoms with Gasteiger partial charge < -0.3 is 15.2 Å². The summed E-state index contributed by atoms with van der Waals surface area (Å²) in [7, 11) is 0. The minimum atomic E-state index is -1.07. The van der Waals surface area contributed by atoms with Gasteiger partial charge in [-0.05, 0) is 22.1 Å². The number of hydrogen-bond acceptors (Lipinski definition) is 3. The average molecular weight is 200 g/mol. The number of carbonyl (C=O) groups excluding carboxylic acids is 1. The summed E-state index contributed by atoms with van der Waals surface area (Å²) in [4.78, 5) is 10.5. The Labute approximate surface area is 87.1 Å². The van der Waals surface area contributed by atoms with Gasteiger partial charge in [0.1, 0.15) is 0 Å². The predicted octanol–water partition coefficient (Wildman–Crippen LogP) is -1.17. The van der Waals surface area contributed by atoms with E-state index in [2.05, 4.69) is 5.32 Å². The Morgan fingerprint density at radius 2 is 1.93 bits per heavy atom. The third-order valence-electron chi connectivity index (χ3n) is 2.19. The van der Waals surface area contributed by atoms with Crippen LogP contribution in [-0.4, -0.2) is 5.97 Å². The SMILES string of the molecule is O=C([O-])CC1=CNC=c2ccccc2=C1. The molecule has 1 aromatic rings. The van der Waals surface area contributed by atoms with E-state index in [0.29, 0.717) is 5.57 Å². The molecule has 0 saturated carbocycles. The van der Waals surface area contributed by atoms with Crippen LogP contribution in [0.2, 0.25) is 0 Å². The number of hydrogen-bond donors (Lipinski definition) is 1. The molecule has 1 aliphatic rings. The Kier molecular flexibility index (Phi) is 2.54. The molecule has 0 unspecified atom stereocenters. The lowest BCUT2D eigenvalue weighted by molar-refractivity contribution is -0.304. The van der Waals surface area contributed by atoms with Crippen LogP contribution in [-0.2, 0) is 4.79 Å². The van der Waals surface area contributed by atoms with Crippen LogP contribution in [0, 0.1) is 0 Å². The Bertz CT molecular complexity index is 529. The number of benzene rings is 1. The molecule has 0 radical (unpaired) electrons. The van der Waals surface area contributed by atoms with Gasteiger partial charge in [0.25, 0.3) is 0 Å². The summed E-state index contributed by atoms with van der Waals surface area (Å²) < 4.78 is 0. The zero-order valence-electron chi connectivity index (χ0n) is 8.07. The molecule has 1 N–H and O–H groups in total. The number of carboxylic acids is 1. The Balaban J connectivity index is 2.45. The standard InChI is InChI=1S/C12H11NO2/c14-12(15)6-9-5-10-3-1-2-4-11(10)8-13-7-9/h1-5,7-8,13H,6H2,(H,14,15)/p-1. The highest BCUT2D eigenvalue weighted by Crippen LogP contribution is 2.01. The molecule has 0 saturated heterocycles. The van der Waals surface area contributed by atoms with Crippen LogP contribution in [0.1, 0.15) is 6.42 Å². The fraction of sp³-hybridized carbons (Fsp3) is 0.0833. The van der Waals surface area contributed by atoms with E-state index in [0.717, 1.165) is 10.4 Å². The molecule has 0 fully saturated rings. The lowest BCUT2D eigenvalue weighted by Gasteiger charge is -2.01. The van der Waals surface area contributed by atoms with E-state index in [1.165, 1.54) is 0 Å². The smallest absolute Gasteiger partial charge is 0.0458 e. The highest BCUT2D eigenvalue weighted by atomic mass is 16.4. The maximum atomic E-state index is 10.5. The second kappa shape index (κ2) is 4.00. The molecule has 15 heavy (non-hydrogen) atoms. The van der Waals surface area contributed by atoms with Crippen molar-refractivity contribution in [3.8, 4) is 0 Å². The highest BCUT2D eigenvalue weighted by Gasteiger charge is 1.96. The Hall–Kier alpha value is -2.03. The average Bonchev–Trinajstić information content (AvgIpc) is 2.38. The van der Waals surface area contributed by atoms with Gasteiger partial charge in [-0.3, -0.25) is 0 Å². The third-order valence-corrected chi connectivity index (χ3v) is 2.19. The van der Waals surface area contributed by atoms with Gasteiger partial charge in [0.2, 0.25) is 0 Å². The van der Waals surface area contributed by atoms with E-state index in [-0.39, 0.29) is 6.42 Å². The lowest BCUT2D eigenvalue weighted by Crippen LogP contribution is -2.25. The van der Waals surface area contributed by atoms with Crippen molar-refractivity contribution in [1.82, 2.24) is 5.32 Å². The third kappa shape index (κ3) is 2.26. The summed E-state index contributed by atoms with van der Waals surface area (Å²) in [6, 6.07) is 7.77. The molecule has 0 spiro atoms. The number of fused-ring (bicyclic) bond motifs is 1. The normalized spacial score (nSPS) is 13.5. The van der Waals surface area contributed by atoms with Crippen molar-refractivity contribution in [2.24, 2.45) is 0 Å². The van der Waals surface area contributed by atoms with Gasteiger partial charge in [0, 0.05) is 24.8 Å². The molecule has 3 nitrogen and oxygen atoms in total. The lowest BCUT2D eigenvalue weighted by atomic mass is 10.1. The van der Waals surface area contributed by atoms with Crippen LogP contribution in [0.25, 0.3) is 12.3 Å². The Morgan fingerprint density at radius 3 is 2.67 bits per heavy atom. The fourth-order valence-corrected chi connectivity index (χ4v) is 1.52. The summed E-state index contributed by atoms with van der Waals surface area (Å²) >= 11 is 0. The van der Waals surface area contributed by atoms with Crippen molar-refractivity contribution in [2.45, 2.75) is 6.42 Å². The molecule has 1 aliphatic heterocycles. The first kappa shape index (κ1) is 9.52. The summed E-state index contributed by atoms with van der Waals surface area (Å²) in [6.45, 7) is 0. The molecule has 0 amide bonds. The van der Waals surface area contributed by atoms with Gasteiger partial charge in [-0.2, -0.15) is 0 Å². The van der Waals surface area contributed by atoms with Gasteiger partial charge in [0.15, 0.2) is 0 Å². The molecule has 1 heterocycles. The maximum absolute atomic E-state index is 10.5. The van der Waals surface area contributed by atoms with E-state index in [1.54, 1.807) is 6.20 Å². The summed E-state index contributed by atoms with van der Waals surface area (Å²) in [6.07, 6.45) is 5.29. The first-order valence-corrected chi connectivity index (χ1v) is 4.67. The predicted molar refractivity (Wildman–Crippen MR) is 55.5 cm³/mol. The van der Waals surface area contributed by atoms with Gasteiger partial charge in [-0.1, -0.05) is 24.3 Å². The van der Waals surface area contributed by atoms with Gasteiger partial charge in [-0.15, -0.1) is 0 Å². The fourth-order valence-electron chi connectivity index (χ4n) is 1.52. The Morgan fingerprint density at radius 1 is 1.20 bits per heavy atom.